The molecule has 0 amide bonds. The molecule has 1 atom stereocenters. The van der Waals surface area contributed by atoms with Crippen LogP contribution in [0.4, 0.5) is 4.39 Å². The number of nitrogens with zero attached hydrogens (tertiary/aromatic N) is 1. The number of nitriles is 1. The second-order valence-electron chi connectivity index (χ2n) is 2.45. The summed E-state index contributed by atoms with van der Waals surface area (Å²) in [5.74, 6) is -0.472. The van der Waals surface area contributed by atoms with Gasteiger partial charge in [0.05, 0.1) is 6.07 Å². The molecule has 0 aliphatic heterocycles. The lowest BCUT2D eigenvalue weighted by molar-refractivity contribution is 0.148. The summed E-state index contributed by atoms with van der Waals surface area (Å²) in [6.07, 6.45) is -0.770. The molecule has 2 nitrogen and oxygen atoms in total. The number of hydrogen-bond donors (Lipinski definition) is 0. The second kappa shape index (κ2) is 4.22. The first-order valence-electron chi connectivity index (χ1n) is 3.55. The molecule has 0 bridgehead atoms. The lowest BCUT2D eigenvalue weighted by atomic mass is 10.1. The molecule has 68 valence electrons. The average molecular weight is 200 g/mol. The van der Waals surface area contributed by atoms with Crippen molar-refractivity contribution in [2.75, 3.05) is 7.11 Å². The fraction of sp³-hybridized carbons (Fsp3) is 0.222. The van der Waals surface area contributed by atoms with Gasteiger partial charge in [0.25, 0.3) is 0 Å². The van der Waals surface area contributed by atoms with Crippen molar-refractivity contribution in [3.05, 3.63) is 34.6 Å². The highest BCUT2D eigenvalue weighted by Crippen LogP contribution is 2.21. The Bertz CT molecular complexity index is 328. The summed E-state index contributed by atoms with van der Waals surface area (Å²) in [6, 6.07) is 5.78. The quantitative estimate of drug-likeness (QED) is 0.734. The van der Waals surface area contributed by atoms with Gasteiger partial charge in [-0.2, -0.15) is 5.26 Å². The van der Waals surface area contributed by atoms with Crippen LogP contribution in [0.2, 0.25) is 5.02 Å². The first-order valence-corrected chi connectivity index (χ1v) is 3.93. The number of ether oxygens (including phenoxy) is 1. The van der Waals surface area contributed by atoms with Crippen LogP contribution in [0.1, 0.15) is 11.7 Å². The Balaban J connectivity index is 3.08. The van der Waals surface area contributed by atoms with E-state index < -0.39 is 11.9 Å². The molecular formula is C9H7ClFNO. The van der Waals surface area contributed by atoms with Crippen LogP contribution >= 0.6 is 11.6 Å². The third kappa shape index (κ3) is 2.41. The molecule has 4 heteroatoms. The number of benzene rings is 1. The third-order valence-corrected chi connectivity index (χ3v) is 1.76. The summed E-state index contributed by atoms with van der Waals surface area (Å²) in [6.45, 7) is 0. The molecule has 13 heavy (non-hydrogen) atoms. The molecule has 1 aromatic rings. The Labute approximate surface area is 80.5 Å². The summed E-state index contributed by atoms with van der Waals surface area (Å²) < 4.78 is 17.6. The van der Waals surface area contributed by atoms with E-state index >= 15 is 0 Å². The molecule has 0 fully saturated rings. The summed E-state index contributed by atoms with van der Waals surface area (Å²) in [5.41, 5.74) is 0.426. The van der Waals surface area contributed by atoms with Gasteiger partial charge in [-0.15, -0.1) is 0 Å². The van der Waals surface area contributed by atoms with Gasteiger partial charge in [0.1, 0.15) is 5.82 Å². The fourth-order valence-electron chi connectivity index (χ4n) is 0.990. The number of rotatable bonds is 2. The van der Waals surface area contributed by atoms with Crippen molar-refractivity contribution in [1.82, 2.24) is 0 Å². The fourth-order valence-corrected chi connectivity index (χ4v) is 1.22. The van der Waals surface area contributed by atoms with E-state index in [9.17, 15) is 4.39 Å². The van der Waals surface area contributed by atoms with E-state index in [4.69, 9.17) is 21.6 Å². The van der Waals surface area contributed by atoms with Gasteiger partial charge in [-0.1, -0.05) is 11.6 Å². The zero-order valence-corrected chi connectivity index (χ0v) is 7.68. The predicted octanol–water partition coefficient (Wildman–Crippen LogP) is 2.69. The van der Waals surface area contributed by atoms with E-state index in [0.29, 0.717) is 5.56 Å². The minimum absolute atomic E-state index is 0.257. The van der Waals surface area contributed by atoms with Crippen molar-refractivity contribution in [2.45, 2.75) is 6.10 Å². The van der Waals surface area contributed by atoms with Crippen molar-refractivity contribution in [3.8, 4) is 6.07 Å². The predicted molar refractivity (Wildman–Crippen MR) is 46.8 cm³/mol. The first-order chi connectivity index (χ1) is 6.17. The van der Waals surface area contributed by atoms with Gasteiger partial charge in [0.2, 0.25) is 0 Å². The maximum Gasteiger partial charge on any atom is 0.168 e. The number of methoxy groups -OCH3 is 1. The van der Waals surface area contributed by atoms with Gasteiger partial charge in [0.15, 0.2) is 6.10 Å². The van der Waals surface area contributed by atoms with Crippen molar-refractivity contribution in [3.63, 3.8) is 0 Å². The van der Waals surface area contributed by atoms with Crippen LogP contribution in [0, 0.1) is 17.1 Å². The van der Waals surface area contributed by atoms with Crippen molar-refractivity contribution < 1.29 is 9.13 Å². The van der Waals surface area contributed by atoms with Gasteiger partial charge in [-0.05, 0) is 23.8 Å². The summed E-state index contributed by atoms with van der Waals surface area (Å²) in [4.78, 5) is 0. The average Bonchev–Trinajstić information content (AvgIpc) is 2.04. The van der Waals surface area contributed by atoms with E-state index in [2.05, 4.69) is 0 Å². The van der Waals surface area contributed by atoms with Crippen LogP contribution in [0.15, 0.2) is 18.2 Å². The molecule has 0 radical (unpaired) electrons. The highest BCUT2D eigenvalue weighted by atomic mass is 35.5. The van der Waals surface area contributed by atoms with Crippen LogP contribution in [0.5, 0.6) is 0 Å². The van der Waals surface area contributed by atoms with Gasteiger partial charge in [-0.3, -0.25) is 0 Å². The number of halogens is 2. The zero-order chi connectivity index (χ0) is 9.84. The maximum atomic E-state index is 12.8. The molecule has 0 aliphatic carbocycles. The molecule has 0 spiro atoms. The Kier molecular flexibility index (Phi) is 3.24. The van der Waals surface area contributed by atoms with E-state index in [0.717, 1.165) is 0 Å². The van der Waals surface area contributed by atoms with Gasteiger partial charge < -0.3 is 4.74 Å². The molecule has 0 heterocycles. The molecule has 0 N–H and O–H groups in total. The van der Waals surface area contributed by atoms with Crippen molar-refractivity contribution >= 4 is 11.6 Å². The molecule has 1 unspecified atom stereocenters. The monoisotopic (exact) mass is 199 g/mol. The molecule has 1 rings (SSSR count). The van der Waals surface area contributed by atoms with Crippen molar-refractivity contribution in [2.24, 2.45) is 0 Å². The Hall–Kier alpha value is -1.11. The van der Waals surface area contributed by atoms with Crippen LogP contribution in [0.3, 0.4) is 0 Å². The summed E-state index contributed by atoms with van der Waals surface area (Å²) >= 11 is 5.60. The zero-order valence-electron chi connectivity index (χ0n) is 6.92. The molecule has 1 aromatic carbocycles. The van der Waals surface area contributed by atoms with Crippen LogP contribution in [-0.4, -0.2) is 7.11 Å². The van der Waals surface area contributed by atoms with Gasteiger partial charge >= 0.3 is 0 Å². The standard InChI is InChI=1S/C9H7ClFNO/c1-13-9(5-12)6-2-7(10)4-8(11)3-6/h2-4,9H,1H3. The largest absolute Gasteiger partial charge is 0.362 e. The Morgan fingerprint density at radius 3 is 2.69 bits per heavy atom. The van der Waals surface area contributed by atoms with Crippen LogP contribution in [0.25, 0.3) is 0 Å². The van der Waals surface area contributed by atoms with E-state index in [-0.39, 0.29) is 5.02 Å². The molecule has 0 aliphatic rings. The SMILES string of the molecule is COC(C#N)c1cc(F)cc(Cl)c1. The summed E-state index contributed by atoms with van der Waals surface area (Å²) in [7, 11) is 1.38. The molecule has 0 saturated carbocycles. The highest BCUT2D eigenvalue weighted by Gasteiger charge is 2.10. The smallest absolute Gasteiger partial charge is 0.168 e. The first kappa shape index (κ1) is 9.97. The minimum Gasteiger partial charge on any atom is -0.362 e. The Morgan fingerprint density at radius 2 is 2.23 bits per heavy atom. The van der Waals surface area contributed by atoms with Gasteiger partial charge in [0, 0.05) is 12.1 Å². The van der Waals surface area contributed by atoms with E-state index in [1.165, 1.54) is 25.3 Å². The van der Waals surface area contributed by atoms with Gasteiger partial charge in [-0.25, -0.2) is 4.39 Å². The third-order valence-electron chi connectivity index (χ3n) is 1.54. The van der Waals surface area contributed by atoms with E-state index in [1.807, 2.05) is 6.07 Å². The van der Waals surface area contributed by atoms with Crippen molar-refractivity contribution in [1.29, 1.82) is 5.26 Å². The summed E-state index contributed by atoms with van der Waals surface area (Å²) in [5, 5.41) is 8.88. The normalized spacial score (nSPS) is 12.2. The highest BCUT2D eigenvalue weighted by molar-refractivity contribution is 6.30. The second-order valence-corrected chi connectivity index (χ2v) is 2.88. The maximum absolute atomic E-state index is 12.8. The molecule has 0 aromatic heterocycles. The molecular weight excluding hydrogens is 193 g/mol. The van der Waals surface area contributed by atoms with E-state index in [1.54, 1.807) is 0 Å². The lowest BCUT2D eigenvalue weighted by Crippen LogP contribution is -1.98. The lowest BCUT2D eigenvalue weighted by Gasteiger charge is -2.07. The molecule has 0 saturated heterocycles. The Morgan fingerprint density at radius 1 is 1.54 bits per heavy atom. The number of hydrogen-bond acceptors (Lipinski definition) is 2. The topological polar surface area (TPSA) is 33.0 Å². The van der Waals surface area contributed by atoms with Crippen LogP contribution < -0.4 is 0 Å². The minimum atomic E-state index is -0.770. The van der Waals surface area contributed by atoms with Crippen LogP contribution in [-0.2, 0) is 4.74 Å².